The van der Waals surface area contributed by atoms with Gasteiger partial charge in [-0.1, -0.05) is 60.7 Å². The quantitative estimate of drug-likeness (QED) is 0.169. The zero-order chi connectivity index (χ0) is 31.6. The monoisotopic (exact) mass is 660 g/mol. The second kappa shape index (κ2) is 13.0. The molecule has 3 unspecified atom stereocenters. The zero-order valence-electron chi connectivity index (χ0n) is 23.8. The number of hydrogen-bond donors (Lipinski definition) is 4. The molecular weight excluding hydrogens is 630 g/mol. The van der Waals surface area contributed by atoms with Crippen molar-refractivity contribution in [2.75, 3.05) is 18.5 Å². The molecule has 4 N–H and O–H groups in total. The largest absolute Gasteiger partial charge is 0.479 e. The Morgan fingerprint density at radius 2 is 1.69 bits per heavy atom. The summed E-state index contributed by atoms with van der Waals surface area (Å²) in [6, 6.07) is 16.9. The first-order valence-electron chi connectivity index (χ1n) is 13.9. The first-order valence-corrected chi connectivity index (χ1v) is 17.2. The van der Waals surface area contributed by atoms with Crippen LogP contribution in [0, 0.1) is 0 Å². The Labute approximate surface area is 256 Å². The molecule has 0 spiro atoms. The Balaban J connectivity index is 1.22. The molecule has 2 aliphatic rings. The van der Waals surface area contributed by atoms with Crippen LogP contribution in [0.4, 0.5) is 10.6 Å². The molecule has 6 rings (SSSR count). The molecule has 16 nitrogen and oxygen atoms in total. The maximum Gasteiger partial charge on any atom is 0.479 e. The van der Waals surface area contributed by atoms with Gasteiger partial charge in [-0.15, -0.1) is 0 Å². The van der Waals surface area contributed by atoms with Crippen molar-refractivity contribution < 1.29 is 46.8 Å². The molecular formula is C27H30N6O10P2. The van der Waals surface area contributed by atoms with Gasteiger partial charge >= 0.3 is 21.4 Å². The number of ether oxygens (including phenoxy) is 3. The Morgan fingerprint density at radius 3 is 2.42 bits per heavy atom. The molecule has 4 aromatic rings. The van der Waals surface area contributed by atoms with Gasteiger partial charge in [-0.05, 0) is 12.5 Å². The van der Waals surface area contributed by atoms with E-state index in [1.165, 1.54) is 12.7 Å². The van der Waals surface area contributed by atoms with E-state index in [0.717, 1.165) is 5.56 Å². The normalized spacial score (nSPS) is 25.4. The molecule has 0 aliphatic carbocycles. The number of phosphoric ester groups is 1. The average Bonchev–Trinajstić information content (AvgIpc) is 3.71. The minimum absolute atomic E-state index is 0.173. The van der Waals surface area contributed by atoms with Gasteiger partial charge in [-0.3, -0.25) is 19.0 Å². The highest BCUT2D eigenvalue weighted by atomic mass is 31.3. The fraction of sp³-hybridized carbons (Fsp3) is 0.333. The molecule has 0 radical (unpaired) electrons. The second-order valence-corrected chi connectivity index (χ2v) is 13.6. The number of anilines is 1. The van der Waals surface area contributed by atoms with E-state index in [4.69, 9.17) is 23.0 Å². The summed E-state index contributed by atoms with van der Waals surface area (Å²) in [4.78, 5) is 45.6. The van der Waals surface area contributed by atoms with Crippen LogP contribution in [-0.4, -0.2) is 66.8 Å². The third-order valence-corrected chi connectivity index (χ3v) is 10.1. The van der Waals surface area contributed by atoms with Crippen LogP contribution < -0.4 is 10.6 Å². The van der Waals surface area contributed by atoms with Crippen molar-refractivity contribution in [3.05, 3.63) is 84.4 Å². The van der Waals surface area contributed by atoms with E-state index in [1.54, 1.807) is 41.8 Å². The highest BCUT2D eigenvalue weighted by molar-refractivity contribution is 7.63. The molecule has 7 atom stereocenters. The highest BCUT2D eigenvalue weighted by Crippen LogP contribution is 2.61. The summed E-state index contributed by atoms with van der Waals surface area (Å²) in [5.41, 5.74) is 1.77. The smallest absolute Gasteiger partial charge is 0.347 e. The maximum absolute atomic E-state index is 12.8. The van der Waals surface area contributed by atoms with Crippen molar-refractivity contribution in [2.45, 2.75) is 43.9 Å². The number of nitrogens with one attached hydrogen (secondary N) is 2. The van der Waals surface area contributed by atoms with Crippen molar-refractivity contribution >= 4 is 38.4 Å². The lowest BCUT2D eigenvalue weighted by Crippen LogP contribution is -2.31. The van der Waals surface area contributed by atoms with Gasteiger partial charge in [0.05, 0.1) is 19.1 Å². The van der Waals surface area contributed by atoms with Crippen molar-refractivity contribution in [1.29, 1.82) is 0 Å². The number of nitrogens with zero attached hydrogens (tertiary/aromatic N) is 4. The minimum atomic E-state index is -5.03. The Bertz CT molecular complexity index is 1750. The number of carbonyl (C=O) groups is 1. The van der Waals surface area contributed by atoms with Gasteiger partial charge in [0.25, 0.3) is 0 Å². The molecule has 2 saturated heterocycles. The standard InChI is InChI=1S/C27H30N6O10P2/c1-2-28-27(34)32-23-20-24(30-15-29-23)33(16-31-20)25-22-21(41-26(42-22)18-11-7-4-8-12-18)19(40-25)13-39-45(37,38)43-44(35,36)14-17-9-5-3-6-10-17/h3-12,15-16,19,21-22,25-26H,2,13-14H2,1H3,(H,35,36)(H,37,38)(H2,28,29,30,32,34)/t19-,21?,22+,25-,26+/m1/s1. The van der Waals surface area contributed by atoms with Gasteiger partial charge in [0.1, 0.15) is 24.6 Å². The summed E-state index contributed by atoms with van der Waals surface area (Å²) in [6.07, 6.45) is -2.05. The molecule has 2 fully saturated rings. The van der Waals surface area contributed by atoms with Crippen LogP contribution in [0.15, 0.2) is 73.3 Å². The number of rotatable bonds is 11. The van der Waals surface area contributed by atoms with E-state index in [-0.39, 0.29) is 11.3 Å². The SMILES string of the molecule is CCNC(=O)Nc1ncnc2c1ncn2[C@@H]1O[C@H](COP(=O)(O)OP(=O)(O)Cc2ccccc2)C2O[C@H](c3ccccc3)O[C@@H]21. The molecule has 2 aromatic carbocycles. The number of urea groups is 1. The third-order valence-electron chi connectivity index (χ3n) is 6.98. The average molecular weight is 661 g/mol. The number of phosphoric acid groups is 1. The topological polar surface area (TPSA) is 205 Å². The van der Waals surface area contributed by atoms with Crippen molar-refractivity contribution in [3.8, 4) is 0 Å². The summed E-state index contributed by atoms with van der Waals surface area (Å²) in [5, 5.41) is 5.26. The van der Waals surface area contributed by atoms with Crippen LogP contribution in [0.2, 0.25) is 0 Å². The third kappa shape index (κ3) is 7.15. The van der Waals surface area contributed by atoms with E-state index in [0.29, 0.717) is 17.8 Å². The Hall–Kier alpha value is -3.56. The van der Waals surface area contributed by atoms with E-state index >= 15 is 0 Å². The number of amides is 2. The van der Waals surface area contributed by atoms with Crippen LogP contribution >= 0.6 is 15.4 Å². The Kier molecular flexibility index (Phi) is 9.11. The van der Waals surface area contributed by atoms with Gasteiger partial charge in [-0.25, -0.2) is 28.6 Å². The highest BCUT2D eigenvalue weighted by Gasteiger charge is 2.54. The molecule has 2 aliphatic heterocycles. The first kappa shape index (κ1) is 31.4. The number of aromatic nitrogens is 4. The van der Waals surface area contributed by atoms with E-state index in [2.05, 4.69) is 25.6 Å². The van der Waals surface area contributed by atoms with E-state index < -0.39 is 65.0 Å². The van der Waals surface area contributed by atoms with Crippen molar-refractivity contribution in [3.63, 3.8) is 0 Å². The van der Waals surface area contributed by atoms with Gasteiger partial charge in [0, 0.05) is 12.1 Å². The summed E-state index contributed by atoms with van der Waals surface area (Å²) in [6.45, 7) is 1.64. The van der Waals surface area contributed by atoms with E-state index in [9.17, 15) is 23.7 Å². The second-order valence-electron chi connectivity index (χ2n) is 10.2. The molecule has 2 amide bonds. The van der Waals surface area contributed by atoms with Gasteiger partial charge in [0.2, 0.25) is 0 Å². The van der Waals surface area contributed by atoms with Crippen LogP contribution in [-0.2, 0) is 38.3 Å². The lowest BCUT2D eigenvalue weighted by atomic mass is 10.1. The lowest BCUT2D eigenvalue weighted by molar-refractivity contribution is -0.152. The zero-order valence-corrected chi connectivity index (χ0v) is 25.6. The molecule has 45 heavy (non-hydrogen) atoms. The number of fused-ring (bicyclic) bond motifs is 2. The molecule has 18 heteroatoms. The number of imidazole rings is 1. The number of benzene rings is 2. The van der Waals surface area contributed by atoms with Crippen LogP contribution in [0.3, 0.4) is 0 Å². The minimum Gasteiger partial charge on any atom is -0.347 e. The van der Waals surface area contributed by atoms with Gasteiger partial charge in [-0.2, -0.15) is 0 Å². The van der Waals surface area contributed by atoms with Gasteiger partial charge in [0.15, 0.2) is 29.5 Å². The molecule has 2 aromatic heterocycles. The van der Waals surface area contributed by atoms with E-state index in [1.807, 2.05) is 30.3 Å². The molecule has 0 saturated carbocycles. The summed E-state index contributed by atoms with van der Waals surface area (Å²) in [5.74, 6) is 0.173. The van der Waals surface area contributed by atoms with Crippen LogP contribution in [0.1, 0.15) is 30.6 Å². The van der Waals surface area contributed by atoms with Crippen molar-refractivity contribution in [2.24, 2.45) is 0 Å². The summed E-state index contributed by atoms with van der Waals surface area (Å²) < 4.78 is 55.6. The molecule has 0 bridgehead atoms. The number of hydrogen-bond acceptors (Lipinski definition) is 11. The van der Waals surface area contributed by atoms with Crippen molar-refractivity contribution in [1.82, 2.24) is 24.8 Å². The first-order chi connectivity index (χ1) is 21.6. The van der Waals surface area contributed by atoms with Crippen LogP contribution in [0.25, 0.3) is 11.2 Å². The predicted octanol–water partition coefficient (Wildman–Crippen LogP) is 3.87. The van der Waals surface area contributed by atoms with Gasteiger partial charge < -0.3 is 29.3 Å². The lowest BCUT2D eigenvalue weighted by Gasteiger charge is -2.22. The summed E-state index contributed by atoms with van der Waals surface area (Å²) in [7, 11) is -9.60. The number of carbonyl (C=O) groups excluding carboxylic acids is 1. The fourth-order valence-electron chi connectivity index (χ4n) is 5.10. The fourth-order valence-corrected chi connectivity index (χ4v) is 7.81. The predicted molar refractivity (Wildman–Crippen MR) is 158 cm³/mol. The Morgan fingerprint density at radius 1 is 0.978 bits per heavy atom. The molecule has 4 heterocycles. The van der Waals surface area contributed by atoms with Crippen LogP contribution in [0.5, 0.6) is 0 Å². The molecule has 238 valence electrons. The maximum atomic E-state index is 12.8. The summed E-state index contributed by atoms with van der Waals surface area (Å²) >= 11 is 0.